The van der Waals surface area contributed by atoms with Gasteiger partial charge in [0, 0.05) is 29.6 Å². The number of fused-ring (bicyclic) bond motifs is 6. The summed E-state index contributed by atoms with van der Waals surface area (Å²) in [6.07, 6.45) is 3.66. The van der Waals surface area contributed by atoms with Crippen LogP contribution in [-0.2, 0) is 10.2 Å². The Labute approximate surface area is 232 Å². The maximum Gasteiger partial charge on any atom is 0.270 e. The highest BCUT2D eigenvalue weighted by Gasteiger charge is 2.70. The highest BCUT2D eigenvalue weighted by molar-refractivity contribution is 7.12. The van der Waals surface area contributed by atoms with Gasteiger partial charge in [-0.2, -0.15) is 0 Å². The van der Waals surface area contributed by atoms with Crippen molar-refractivity contribution in [1.82, 2.24) is 4.90 Å². The summed E-state index contributed by atoms with van der Waals surface area (Å²) in [6.45, 7) is 0. The first-order valence-corrected chi connectivity index (χ1v) is 13.6. The molecule has 1 N–H and O–H groups in total. The molecule has 4 heterocycles. The zero-order valence-electron chi connectivity index (χ0n) is 20.9. The first kappa shape index (κ1) is 24.2. The number of nitrogens with zero attached hydrogens (tertiary/aromatic N) is 2. The van der Waals surface area contributed by atoms with Crippen LogP contribution in [0.25, 0.3) is 6.08 Å². The van der Waals surface area contributed by atoms with E-state index >= 15 is 0 Å². The number of non-ortho nitro benzene ring substituents is 1. The van der Waals surface area contributed by atoms with Gasteiger partial charge in [0.2, 0.25) is 5.91 Å². The molecule has 0 saturated carbocycles. The molecular formula is C31H21N3O5S. The van der Waals surface area contributed by atoms with E-state index in [0.29, 0.717) is 16.1 Å². The van der Waals surface area contributed by atoms with Crippen molar-refractivity contribution in [2.45, 2.75) is 17.5 Å². The number of carbonyl (C=O) groups is 3. The molecule has 0 bridgehead atoms. The van der Waals surface area contributed by atoms with Crippen molar-refractivity contribution < 1.29 is 19.3 Å². The maximum atomic E-state index is 14.5. The predicted octanol–water partition coefficient (Wildman–Crippen LogP) is 5.64. The van der Waals surface area contributed by atoms with Gasteiger partial charge in [0.25, 0.3) is 5.69 Å². The fraction of sp³-hybridized carbons (Fsp3) is 0.129. The van der Waals surface area contributed by atoms with Gasteiger partial charge in [-0.05, 0) is 40.3 Å². The maximum absolute atomic E-state index is 14.5. The SMILES string of the molecule is O=C(c1cccc([N+](=O)[O-])c1)[C@@H]1[C@H](C(=O)c2cccs2)[C@]2(C(=O)Nc3ccccc32)[C@H]2c3ccccc3C=CN12. The molecule has 4 aromatic rings. The zero-order valence-corrected chi connectivity index (χ0v) is 21.7. The number of nitro groups is 1. The molecule has 9 heteroatoms. The smallest absolute Gasteiger partial charge is 0.270 e. The van der Waals surface area contributed by atoms with Crippen LogP contribution >= 0.6 is 11.3 Å². The van der Waals surface area contributed by atoms with Gasteiger partial charge >= 0.3 is 0 Å². The topological polar surface area (TPSA) is 110 Å². The zero-order chi connectivity index (χ0) is 27.6. The number of nitro benzene ring substituents is 1. The molecule has 0 aliphatic carbocycles. The first-order valence-electron chi connectivity index (χ1n) is 12.7. The Kier molecular flexibility index (Phi) is 5.33. The number of Topliss-reactive ketones (excluding diaryl/α,β-unsaturated/α-hetero) is 2. The van der Waals surface area contributed by atoms with Gasteiger partial charge in [0.05, 0.1) is 21.8 Å². The number of para-hydroxylation sites is 1. The Morgan fingerprint density at radius 1 is 0.950 bits per heavy atom. The molecule has 4 atom stereocenters. The lowest BCUT2D eigenvalue weighted by Gasteiger charge is -2.38. The lowest BCUT2D eigenvalue weighted by atomic mass is 9.63. The Hall–Kier alpha value is -4.89. The van der Waals surface area contributed by atoms with Gasteiger partial charge in [0.15, 0.2) is 11.6 Å². The van der Waals surface area contributed by atoms with E-state index in [2.05, 4.69) is 5.32 Å². The summed E-state index contributed by atoms with van der Waals surface area (Å²) in [6, 6.07) is 22.2. The minimum absolute atomic E-state index is 0.109. The molecule has 40 heavy (non-hydrogen) atoms. The van der Waals surface area contributed by atoms with Gasteiger partial charge in [-0.1, -0.05) is 60.7 Å². The second kappa shape index (κ2) is 8.82. The standard InChI is InChI=1S/C31H21N3O5S/c35-27(19-8-5-9-20(17-19)34(38)39)26-25(28(36)24-13-6-16-40-24)31(22-11-3-4-12-23(22)32-30(31)37)29-21-10-2-1-7-18(21)14-15-33(26)29/h1-17,25-26,29H,(H,32,37)/t25-,26+,29-,31+/m1/s1. The van der Waals surface area contributed by atoms with Gasteiger partial charge in [-0.15, -0.1) is 11.3 Å². The summed E-state index contributed by atoms with van der Waals surface area (Å²) in [5.74, 6) is -2.23. The first-order chi connectivity index (χ1) is 19.4. The Bertz CT molecular complexity index is 1760. The third-order valence-electron chi connectivity index (χ3n) is 8.23. The second-order valence-corrected chi connectivity index (χ2v) is 11.0. The van der Waals surface area contributed by atoms with Crippen LogP contribution in [0.15, 0.2) is 96.5 Å². The molecule has 1 amide bonds. The van der Waals surface area contributed by atoms with Crippen molar-refractivity contribution in [3.05, 3.63) is 134 Å². The van der Waals surface area contributed by atoms with Crippen LogP contribution in [0.5, 0.6) is 0 Å². The van der Waals surface area contributed by atoms with Crippen LogP contribution in [0.1, 0.15) is 42.8 Å². The fourth-order valence-corrected chi connectivity index (χ4v) is 7.39. The molecule has 196 valence electrons. The molecule has 8 nitrogen and oxygen atoms in total. The number of anilines is 1. The normalized spacial score (nSPS) is 23.9. The molecule has 0 radical (unpaired) electrons. The van der Waals surface area contributed by atoms with Crippen LogP contribution in [0.2, 0.25) is 0 Å². The molecule has 3 aliphatic rings. The van der Waals surface area contributed by atoms with Crippen molar-refractivity contribution >= 4 is 46.3 Å². The van der Waals surface area contributed by atoms with Crippen molar-refractivity contribution in [1.29, 1.82) is 0 Å². The Morgan fingerprint density at radius 3 is 2.55 bits per heavy atom. The number of hydrogen-bond donors (Lipinski definition) is 1. The van der Waals surface area contributed by atoms with Gasteiger partial charge in [0.1, 0.15) is 11.5 Å². The number of ketones is 2. The van der Waals surface area contributed by atoms with E-state index in [1.807, 2.05) is 53.4 Å². The van der Waals surface area contributed by atoms with E-state index in [1.165, 1.54) is 35.6 Å². The van der Waals surface area contributed by atoms with Crippen molar-refractivity contribution in [2.24, 2.45) is 5.92 Å². The number of amides is 1. The fourth-order valence-electron chi connectivity index (χ4n) is 6.68. The van der Waals surface area contributed by atoms with E-state index < -0.39 is 34.1 Å². The number of nitrogens with one attached hydrogen (secondary N) is 1. The minimum atomic E-state index is -1.43. The van der Waals surface area contributed by atoms with E-state index in [4.69, 9.17) is 0 Å². The monoisotopic (exact) mass is 547 g/mol. The lowest BCUT2D eigenvalue weighted by Crippen LogP contribution is -2.49. The summed E-state index contributed by atoms with van der Waals surface area (Å²) in [7, 11) is 0. The average Bonchev–Trinajstić information content (AvgIpc) is 3.69. The highest BCUT2D eigenvalue weighted by atomic mass is 32.1. The number of hydrogen-bond acceptors (Lipinski definition) is 7. The predicted molar refractivity (Wildman–Crippen MR) is 150 cm³/mol. The lowest BCUT2D eigenvalue weighted by molar-refractivity contribution is -0.384. The van der Waals surface area contributed by atoms with Crippen molar-refractivity contribution in [3.8, 4) is 0 Å². The number of thiophene rings is 1. The summed E-state index contributed by atoms with van der Waals surface area (Å²) >= 11 is 1.26. The van der Waals surface area contributed by atoms with Crippen LogP contribution in [0.3, 0.4) is 0 Å². The Balaban J connectivity index is 1.53. The summed E-state index contributed by atoms with van der Waals surface area (Å²) < 4.78 is 0. The van der Waals surface area contributed by atoms with Crippen LogP contribution in [0.4, 0.5) is 11.4 Å². The largest absolute Gasteiger partial charge is 0.358 e. The summed E-state index contributed by atoms with van der Waals surface area (Å²) in [4.78, 5) is 56.6. The van der Waals surface area contributed by atoms with Crippen LogP contribution in [0, 0.1) is 16.0 Å². The van der Waals surface area contributed by atoms with E-state index in [0.717, 1.165) is 11.1 Å². The number of carbonyl (C=O) groups excluding carboxylic acids is 3. The van der Waals surface area contributed by atoms with Crippen LogP contribution in [-0.4, -0.2) is 33.3 Å². The van der Waals surface area contributed by atoms with Gasteiger partial charge in [-0.3, -0.25) is 24.5 Å². The molecule has 3 aliphatic heterocycles. The van der Waals surface area contributed by atoms with E-state index in [1.54, 1.807) is 29.8 Å². The highest BCUT2D eigenvalue weighted by Crippen LogP contribution is 2.62. The molecular weight excluding hydrogens is 526 g/mol. The minimum Gasteiger partial charge on any atom is -0.358 e. The molecule has 3 aromatic carbocycles. The molecule has 7 rings (SSSR count). The Morgan fingerprint density at radius 2 is 1.75 bits per heavy atom. The quantitative estimate of drug-likeness (QED) is 0.197. The average molecular weight is 548 g/mol. The van der Waals surface area contributed by atoms with Crippen LogP contribution < -0.4 is 5.32 Å². The second-order valence-electron chi connectivity index (χ2n) is 10.1. The number of rotatable bonds is 5. The third-order valence-corrected chi connectivity index (χ3v) is 9.11. The summed E-state index contributed by atoms with van der Waals surface area (Å²) in [5, 5.41) is 16.3. The number of benzene rings is 3. The van der Waals surface area contributed by atoms with Crippen molar-refractivity contribution in [3.63, 3.8) is 0 Å². The molecule has 0 unspecified atom stereocenters. The summed E-state index contributed by atoms with van der Waals surface area (Å²) in [5.41, 5.74) is 1.44. The molecule has 1 fully saturated rings. The third kappa shape index (κ3) is 3.21. The molecule has 1 spiro atoms. The molecule has 1 saturated heterocycles. The van der Waals surface area contributed by atoms with E-state index in [-0.39, 0.29) is 22.9 Å². The van der Waals surface area contributed by atoms with Gasteiger partial charge < -0.3 is 10.2 Å². The molecule has 1 aromatic heterocycles. The van der Waals surface area contributed by atoms with Crippen molar-refractivity contribution in [2.75, 3.05) is 5.32 Å². The van der Waals surface area contributed by atoms with E-state index in [9.17, 15) is 24.5 Å². The van der Waals surface area contributed by atoms with Gasteiger partial charge in [-0.25, -0.2) is 0 Å².